The Kier molecular flexibility index (Phi) is 5.58. The monoisotopic (exact) mass is 367 g/mol. The molecule has 0 radical (unpaired) electrons. The standard InChI is InChI=1S/C21H21NO3S/c1-14-7-15(2)9-19(8-14)25-12-16-10-20(26-13-16)21(23)22-17-5-4-6-18(11-17)24-3/h4-11,13H,12H2,1-3H3,(H,22,23). The number of anilines is 1. The highest BCUT2D eigenvalue weighted by Gasteiger charge is 2.10. The maximum Gasteiger partial charge on any atom is 0.265 e. The SMILES string of the molecule is COc1cccc(NC(=O)c2cc(COc3cc(C)cc(C)c3)cs2)c1. The summed E-state index contributed by atoms with van der Waals surface area (Å²) in [7, 11) is 1.60. The molecule has 0 aliphatic rings. The van der Waals surface area contributed by atoms with Gasteiger partial charge >= 0.3 is 0 Å². The Morgan fingerprint density at radius 2 is 1.81 bits per heavy atom. The fourth-order valence-electron chi connectivity index (χ4n) is 2.65. The number of hydrogen-bond donors (Lipinski definition) is 1. The zero-order chi connectivity index (χ0) is 18.5. The van der Waals surface area contributed by atoms with Gasteiger partial charge in [0.05, 0.1) is 12.0 Å². The number of methoxy groups -OCH3 is 1. The molecule has 0 fully saturated rings. The third kappa shape index (κ3) is 4.64. The molecule has 2 aromatic carbocycles. The normalized spacial score (nSPS) is 10.4. The number of ether oxygens (including phenoxy) is 2. The van der Waals surface area contributed by atoms with Crippen LogP contribution < -0.4 is 14.8 Å². The molecule has 0 saturated heterocycles. The lowest BCUT2D eigenvalue weighted by atomic mass is 10.1. The van der Waals surface area contributed by atoms with E-state index in [2.05, 4.69) is 11.4 Å². The quantitative estimate of drug-likeness (QED) is 0.651. The van der Waals surface area contributed by atoms with Gasteiger partial charge in [-0.15, -0.1) is 11.3 Å². The van der Waals surface area contributed by atoms with Crippen molar-refractivity contribution in [3.8, 4) is 11.5 Å². The van der Waals surface area contributed by atoms with E-state index in [1.54, 1.807) is 13.2 Å². The van der Waals surface area contributed by atoms with Crippen LogP contribution in [0.5, 0.6) is 11.5 Å². The van der Waals surface area contributed by atoms with Crippen molar-refractivity contribution >= 4 is 22.9 Å². The molecule has 0 unspecified atom stereocenters. The molecule has 134 valence electrons. The Morgan fingerprint density at radius 3 is 2.54 bits per heavy atom. The lowest BCUT2D eigenvalue weighted by Crippen LogP contribution is -2.10. The van der Waals surface area contributed by atoms with E-state index in [4.69, 9.17) is 9.47 Å². The summed E-state index contributed by atoms with van der Waals surface area (Å²) in [5.74, 6) is 1.41. The topological polar surface area (TPSA) is 47.6 Å². The van der Waals surface area contributed by atoms with Gasteiger partial charge in [-0.1, -0.05) is 12.1 Å². The van der Waals surface area contributed by atoms with Crippen molar-refractivity contribution in [1.82, 2.24) is 0 Å². The molecule has 0 aliphatic carbocycles. The third-order valence-electron chi connectivity index (χ3n) is 3.81. The van der Waals surface area contributed by atoms with E-state index in [0.717, 1.165) is 11.3 Å². The van der Waals surface area contributed by atoms with Crippen LogP contribution in [-0.2, 0) is 6.61 Å². The second-order valence-corrected chi connectivity index (χ2v) is 7.03. The van der Waals surface area contributed by atoms with Gasteiger partial charge in [0, 0.05) is 17.3 Å². The Bertz CT molecular complexity index is 897. The van der Waals surface area contributed by atoms with E-state index in [1.807, 2.05) is 55.6 Å². The van der Waals surface area contributed by atoms with Crippen molar-refractivity contribution in [1.29, 1.82) is 0 Å². The van der Waals surface area contributed by atoms with Crippen molar-refractivity contribution in [3.63, 3.8) is 0 Å². The minimum atomic E-state index is -0.138. The summed E-state index contributed by atoms with van der Waals surface area (Å²) in [6.45, 7) is 4.53. The van der Waals surface area contributed by atoms with Crippen molar-refractivity contribution in [2.45, 2.75) is 20.5 Å². The molecule has 0 atom stereocenters. The van der Waals surface area contributed by atoms with Gasteiger partial charge in [-0.05, 0) is 60.7 Å². The Morgan fingerprint density at radius 1 is 1.04 bits per heavy atom. The molecule has 0 spiro atoms. The first kappa shape index (κ1) is 18.0. The minimum Gasteiger partial charge on any atom is -0.497 e. The van der Waals surface area contributed by atoms with Crippen LogP contribution in [0.15, 0.2) is 53.9 Å². The van der Waals surface area contributed by atoms with Gasteiger partial charge in [0.2, 0.25) is 0 Å². The summed E-state index contributed by atoms with van der Waals surface area (Å²) in [5, 5.41) is 4.83. The third-order valence-corrected chi connectivity index (χ3v) is 4.78. The molecule has 5 heteroatoms. The highest BCUT2D eigenvalue weighted by Crippen LogP contribution is 2.22. The molecule has 4 nitrogen and oxygen atoms in total. The van der Waals surface area contributed by atoms with Crippen LogP contribution >= 0.6 is 11.3 Å². The largest absolute Gasteiger partial charge is 0.497 e. The number of thiophene rings is 1. The van der Waals surface area contributed by atoms with E-state index in [-0.39, 0.29) is 5.91 Å². The van der Waals surface area contributed by atoms with Crippen molar-refractivity contribution in [2.75, 3.05) is 12.4 Å². The smallest absolute Gasteiger partial charge is 0.265 e. The van der Waals surface area contributed by atoms with E-state index in [9.17, 15) is 4.79 Å². The van der Waals surface area contributed by atoms with Crippen molar-refractivity contribution in [2.24, 2.45) is 0 Å². The van der Waals surface area contributed by atoms with E-state index in [1.165, 1.54) is 22.5 Å². The highest BCUT2D eigenvalue weighted by atomic mass is 32.1. The van der Waals surface area contributed by atoms with Crippen LogP contribution in [0.1, 0.15) is 26.4 Å². The molecule has 0 saturated carbocycles. The van der Waals surface area contributed by atoms with Gasteiger partial charge in [-0.25, -0.2) is 0 Å². The Balaban J connectivity index is 1.62. The Labute approximate surface area is 157 Å². The predicted molar refractivity (Wildman–Crippen MR) is 106 cm³/mol. The number of amides is 1. The summed E-state index contributed by atoms with van der Waals surface area (Å²) >= 11 is 1.41. The molecular weight excluding hydrogens is 346 g/mol. The average molecular weight is 367 g/mol. The molecule has 0 bridgehead atoms. The molecular formula is C21H21NO3S. The first-order valence-corrected chi connectivity index (χ1v) is 9.15. The number of carbonyl (C=O) groups excluding carboxylic acids is 1. The summed E-state index contributed by atoms with van der Waals surface area (Å²) < 4.78 is 11.0. The number of hydrogen-bond acceptors (Lipinski definition) is 4. The molecule has 26 heavy (non-hydrogen) atoms. The van der Waals surface area contributed by atoms with Crippen LogP contribution in [-0.4, -0.2) is 13.0 Å². The first-order valence-electron chi connectivity index (χ1n) is 8.27. The van der Waals surface area contributed by atoms with Crippen LogP contribution in [0.2, 0.25) is 0 Å². The fourth-order valence-corrected chi connectivity index (χ4v) is 3.44. The average Bonchev–Trinajstić information content (AvgIpc) is 3.08. The van der Waals surface area contributed by atoms with E-state index in [0.29, 0.717) is 22.9 Å². The highest BCUT2D eigenvalue weighted by molar-refractivity contribution is 7.12. The van der Waals surface area contributed by atoms with E-state index < -0.39 is 0 Å². The predicted octanol–water partition coefficient (Wildman–Crippen LogP) is 5.20. The van der Waals surface area contributed by atoms with Gasteiger partial charge in [0.15, 0.2) is 0 Å². The van der Waals surface area contributed by atoms with Crippen LogP contribution in [0, 0.1) is 13.8 Å². The molecule has 1 N–H and O–H groups in total. The van der Waals surface area contributed by atoms with Gasteiger partial charge in [0.1, 0.15) is 18.1 Å². The van der Waals surface area contributed by atoms with Crippen molar-refractivity contribution in [3.05, 3.63) is 75.5 Å². The zero-order valence-corrected chi connectivity index (χ0v) is 15.9. The van der Waals surface area contributed by atoms with Crippen LogP contribution in [0.25, 0.3) is 0 Å². The number of aryl methyl sites for hydroxylation is 2. The van der Waals surface area contributed by atoms with Crippen molar-refractivity contribution < 1.29 is 14.3 Å². The molecule has 3 rings (SSSR count). The summed E-state index contributed by atoms with van der Waals surface area (Å²) in [6, 6.07) is 15.3. The molecule has 0 aliphatic heterocycles. The van der Waals surface area contributed by atoms with Gasteiger partial charge in [-0.3, -0.25) is 4.79 Å². The molecule has 1 amide bonds. The first-order chi connectivity index (χ1) is 12.5. The number of carbonyl (C=O) groups is 1. The lowest BCUT2D eigenvalue weighted by molar-refractivity contribution is 0.103. The number of rotatable bonds is 6. The van der Waals surface area contributed by atoms with Gasteiger partial charge < -0.3 is 14.8 Å². The zero-order valence-electron chi connectivity index (χ0n) is 15.0. The lowest BCUT2D eigenvalue weighted by Gasteiger charge is -2.07. The van der Waals surface area contributed by atoms with Gasteiger partial charge in [-0.2, -0.15) is 0 Å². The summed E-state index contributed by atoms with van der Waals surface area (Å²) in [5.41, 5.74) is 4.02. The second-order valence-electron chi connectivity index (χ2n) is 6.12. The summed E-state index contributed by atoms with van der Waals surface area (Å²) in [4.78, 5) is 13.1. The fraction of sp³-hybridized carbons (Fsp3) is 0.190. The maximum atomic E-state index is 12.4. The second kappa shape index (κ2) is 8.06. The molecule has 3 aromatic rings. The van der Waals surface area contributed by atoms with Crippen LogP contribution in [0.3, 0.4) is 0 Å². The van der Waals surface area contributed by atoms with E-state index >= 15 is 0 Å². The number of benzene rings is 2. The number of nitrogens with one attached hydrogen (secondary N) is 1. The maximum absolute atomic E-state index is 12.4. The van der Waals surface area contributed by atoms with Crippen LogP contribution in [0.4, 0.5) is 5.69 Å². The van der Waals surface area contributed by atoms with Gasteiger partial charge in [0.25, 0.3) is 5.91 Å². The molecule has 1 aromatic heterocycles. The minimum absolute atomic E-state index is 0.138. The Hall–Kier alpha value is -2.79. The molecule has 1 heterocycles. The summed E-state index contributed by atoms with van der Waals surface area (Å²) in [6.07, 6.45) is 0.